The summed E-state index contributed by atoms with van der Waals surface area (Å²) in [6.45, 7) is 5.96. The fourth-order valence-electron chi connectivity index (χ4n) is 2.06. The Morgan fingerprint density at radius 3 is 2.44 bits per heavy atom. The highest BCUT2D eigenvalue weighted by Crippen LogP contribution is 2.23. The molecule has 0 bridgehead atoms. The average molecular weight is 246 g/mol. The molecule has 4 nitrogen and oxygen atoms in total. The molecule has 1 aliphatic heterocycles. The van der Waals surface area contributed by atoms with Crippen LogP contribution in [-0.2, 0) is 4.79 Å². The molecule has 96 valence electrons. The smallest absolute Gasteiger partial charge is 0.325 e. The second kappa shape index (κ2) is 4.80. The topological polar surface area (TPSA) is 49.4 Å². The molecular weight excluding hydrogens is 228 g/mol. The van der Waals surface area contributed by atoms with Gasteiger partial charge in [-0.2, -0.15) is 0 Å². The number of imide groups is 1. The lowest BCUT2D eigenvalue weighted by atomic mass is 9.99. The zero-order chi connectivity index (χ0) is 13.3. The van der Waals surface area contributed by atoms with E-state index in [4.69, 9.17) is 0 Å². The van der Waals surface area contributed by atoms with Gasteiger partial charge in [0.05, 0.1) is 5.69 Å². The van der Waals surface area contributed by atoms with Crippen LogP contribution in [0.5, 0.6) is 0 Å². The predicted molar refractivity (Wildman–Crippen MR) is 70.4 cm³/mol. The minimum Gasteiger partial charge on any atom is -0.325 e. The first kappa shape index (κ1) is 12.6. The van der Waals surface area contributed by atoms with E-state index >= 15 is 0 Å². The highest BCUT2D eigenvalue weighted by molar-refractivity contribution is 6.21. The quantitative estimate of drug-likeness (QED) is 0.833. The van der Waals surface area contributed by atoms with Crippen LogP contribution < -0.4 is 10.2 Å². The van der Waals surface area contributed by atoms with Crippen LogP contribution in [0.25, 0.3) is 0 Å². The van der Waals surface area contributed by atoms with Crippen molar-refractivity contribution in [2.45, 2.75) is 33.2 Å². The molecule has 1 heterocycles. The number of nitrogens with one attached hydrogen (secondary N) is 1. The minimum atomic E-state index is -0.399. The monoisotopic (exact) mass is 246 g/mol. The number of carbonyl (C=O) groups is 2. The highest BCUT2D eigenvalue weighted by atomic mass is 16.2. The molecular formula is C14H18N2O2. The Balaban J connectivity index is 2.27. The Kier molecular flexibility index (Phi) is 3.36. The molecule has 4 heteroatoms. The average Bonchev–Trinajstić information content (AvgIpc) is 2.65. The summed E-state index contributed by atoms with van der Waals surface area (Å²) in [5.41, 5.74) is 1.73. The van der Waals surface area contributed by atoms with Gasteiger partial charge in [0, 0.05) is 0 Å². The third-order valence-electron chi connectivity index (χ3n) is 3.47. The zero-order valence-corrected chi connectivity index (χ0v) is 10.9. The summed E-state index contributed by atoms with van der Waals surface area (Å²) in [6, 6.07) is 6.66. The van der Waals surface area contributed by atoms with Gasteiger partial charge in [-0.3, -0.25) is 4.79 Å². The SMILES string of the molecule is CCC(C)C1NC(=O)N(c2ccc(C)cc2)C1=O. The molecule has 0 aromatic heterocycles. The number of hydrogen-bond acceptors (Lipinski definition) is 2. The normalized spacial score (nSPS) is 21.1. The van der Waals surface area contributed by atoms with Crippen LogP contribution in [0.2, 0.25) is 0 Å². The number of aryl methyl sites for hydroxylation is 1. The van der Waals surface area contributed by atoms with E-state index in [9.17, 15) is 9.59 Å². The summed E-state index contributed by atoms with van der Waals surface area (Å²) in [4.78, 5) is 25.4. The van der Waals surface area contributed by atoms with Gasteiger partial charge in [0.2, 0.25) is 0 Å². The lowest BCUT2D eigenvalue weighted by Gasteiger charge is -2.16. The summed E-state index contributed by atoms with van der Waals surface area (Å²) < 4.78 is 0. The van der Waals surface area contributed by atoms with E-state index in [1.807, 2.05) is 32.9 Å². The van der Waals surface area contributed by atoms with Gasteiger partial charge in [0.1, 0.15) is 6.04 Å². The van der Waals surface area contributed by atoms with Crippen molar-refractivity contribution >= 4 is 17.6 Å². The van der Waals surface area contributed by atoms with E-state index in [2.05, 4.69) is 5.32 Å². The first-order valence-electron chi connectivity index (χ1n) is 6.25. The van der Waals surface area contributed by atoms with Crippen LogP contribution in [0.15, 0.2) is 24.3 Å². The van der Waals surface area contributed by atoms with Crippen molar-refractivity contribution in [3.05, 3.63) is 29.8 Å². The predicted octanol–water partition coefficient (Wildman–Crippen LogP) is 2.47. The first-order chi connectivity index (χ1) is 8.54. The largest absolute Gasteiger partial charge is 0.329 e. The minimum absolute atomic E-state index is 0.150. The van der Waals surface area contributed by atoms with E-state index < -0.39 is 6.04 Å². The number of amides is 3. The Labute approximate surface area is 107 Å². The maximum absolute atomic E-state index is 12.2. The molecule has 0 saturated carbocycles. The highest BCUT2D eigenvalue weighted by Gasteiger charge is 2.41. The van der Waals surface area contributed by atoms with E-state index in [-0.39, 0.29) is 17.9 Å². The lowest BCUT2D eigenvalue weighted by Crippen LogP contribution is -2.35. The van der Waals surface area contributed by atoms with E-state index in [0.717, 1.165) is 12.0 Å². The summed E-state index contributed by atoms with van der Waals surface area (Å²) in [5.74, 6) is -0.00454. The number of benzene rings is 1. The van der Waals surface area contributed by atoms with Crippen molar-refractivity contribution in [2.75, 3.05) is 4.90 Å². The van der Waals surface area contributed by atoms with Crippen LogP contribution in [0.4, 0.5) is 10.5 Å². The summed E-state index contributed by atoms with van der Waals surface area (Å²) in [6.07, 6.45) is 0.860. The van der Waals surface area contributed by atoms with Crippen molar-refractivity contribution in [2.24, 2.45) is 5.92 Å². The summed E-state index contributed by atoms with van der Waals surface area (Å²) >= 11 is 0. The van der Waals surface area contributed by atoms with Gasteiger partial charge >= 0.3 is 6.03 Å². The van der Waals surface area contributed by atoms with Gasteiger partial charge in [0.25, 0.3) is 5.91 Å². The van der Waals surface area contributed by atoms with Gasteiger partial charge in [-0.25, -0.2) is 9.69 Å². The molecule has 0 spiro atoms. The molecule has 0 aliphatic carbocycles. The summed E-state index contributed by atoms with van der Waals surface area (Å²) in [7, 11) is 0. The van der Waals surface area contributed by atoms with Crippen molar-refractivity contribution < 1.29 is 9.59 Å². The molecule has 3 amide bonds. The molecule has 1 saturated heterocycles. The van der Waals surface area contributed by atoms with Crippen LogP contribution in [0.3, 0.4) is 0 Å². The van der Waals surface area contributed by atoms with Crippen molar-refractivity contribution in [1.29, 1.82) is 0 Å². The second-order valence-corrected chi connectivity index (χ2v) is 4.82. The molecule has 1 aromatic carbocycles. The van der Waals surface area contributed by atoms with Crippen LogP contribution in [-0.4, -0.2) is 18.0 Å². The lowest BCUT2D eigenvalue weighted by molar-refractivity contribution is -0.119. The molecule has 1 aliphatic rings. The number of rotatable bonds is 3. The third kappa shape index (κ3) is 2.10. The number of urea groups is 1. The maximum atomic E-state index is 12.2. The zero-order valence-electron chi connectivity index (χ0n) is 10.9. The first-order valence-corrected chi connectivity index (χ1v) is 6.25. The summed E-state index contributed by atoms with van der Waals surface area (Å²) in [5, 5.41) is 2.75. The van der Waals surface area contributed by atoms with Crippen molar-refractivity contribution in [3.63, 3.8) is 0 Å². The van der Waals surface area contributed by atoms with Gasteiger partial charge in [0.15, 0.2) is 0 Å². The van der Waals surface area contributed by atoms with Crippen LogP contribution >= 0.6 is 0 Å². The van der Waals surface area contributed by atoms with E-state index in [1.54, 1.807) is 12.1 Å². The van der Waals surface area contributed by atoms with Gasteiger partial charge in [-0.1, -0.05) is 38.0 Å². The molecule has 18 heavy (non-hydrogen) atoms. The Morgan fingerprint density at radius 1 is 1.28 bits per heavy atom. The standard InChI is InChI=1S/C14H18N2O2/c1-4-10(3)12-13(17)16(14(18)15-12)11-7-5-9(2)6-8-11/h5-8,10,12H,4H2,1-3H3,(H,15,18). The van der Waals surface area contributed by atoms with Gasteiger partial charge < -0.3 is 5.32 Å². The second-order valence-electron chi connectivity index (χ2n) is 4.82. The third-order valence-corrected chi connectivity index (χ3v) is 3.47. The molecule has 2 unspecified atom stereocenters. The fourth-order valence-corrected chi connectivity index (χ4v) is 2.06. The van der Waals surface area contributed by atoms with E-state index in [0.29, 0.717) is 5.69 Å². The maximum Gasteiger partial charge on any atom is 0.329 e. The van der Waals surface area contributed by atoms with Crippen LogP contribution in [0.1, 0.15) is 25.8 Å². The van der Waals surface area contributed by atoms with E-state index in [1.165, 1.54) is 4.90 Å². The molecule has 2 rings (SSSR count). The molecule has 1 N–H and O–H groups in total. The van der Waals surface area contributed by atoms with Crippen molar-refractivity contribution in [1.82, 2.24) is 5.32 Å². The molecule has 0 radical (unpaired) electrons. The molecule has 1 fully saturated rings. The number of hydrogen-bond donors (Lipinski definition) is 1. The Bertz CT molecular complexity index is 467. The number of nitrogens with zero attached hydrogens (tertiary/aromatic N) is 1. The van der Waals surface area contributed by atoms with Crippen molar-refractivity contribution in [3.8, 4) is 0 Å². The number of carbonyl (C=O) groups excluding carboxylic acids is 2. The Morgan fingerprint density at radius 2 is 1.89 bits per heavy atom. The molecule has 1 aromatic rings. The Hall–Kier alpha value is -1.84. The van der Waals surface area contributed by atoms with Gasteiger partial charge in [-0.15, -0.1) is 0 Å². The molecule has 2 atom stereocenters. The fraction of sp³-hybridized carbons (Fsp3) is 0.429. The van der Waals surface area contributed by atoms with Gasteiger partial charge in [-0.05, 0) is 25.0 Å². The van der Waals surface area contributed by atoms with Crippen LogP contribution in [0, 0.1) is 12.8 Å². The number of anilines is 1.